The average Bonchev–Trinajstić information content (AvgIpc) is 2.38. The van der Waals surface area contributed by atoms with Crippen LogP contribution in [0.5, 0.6) is 0 Å². The quantitative estimate of drug-likeness (QED) is 0.795. The normalized spacial score (nSPS) is 10.4. The molecule has 2 N–H and O–H groups in total. The molecular weight excluding hydrogens is 322 g/mol. The van der Waals surface area contributed by atoms with E-state index < -0.39 is 0 Å². The van der Waals surface area contributed by atoms with E-state index >= 15 is 0 Å². The van der Waals surface area contributed by atoms with E-state index in [9.17, 15) is 9.59 Å². The number of hydrogen-bond acceptors (Lipinski definition) is 3. The number of amides is 2. The van der Waals surface area contributed by atoms with Crippen molar-refractivity contribution in [1.29, 1.82) is 0 Å². The summed E-state index contributed by atoms with van der Waals surface area (Å²) in [7, 11) is 1.74. The van der Waals surface area contributed by atoms with Gasteiger partial charge in [0.05, 0.1) is 18.8 Å². The fraction of sp³-hybridized carbons (Fsp3) is 0.429. The van der Waals surface area contributed by atoms with Crippen molar-refractivity contribution in [1.82, 2.24) is 10.2 Å². The first-order valence-electron chi connectivity index (χ1n) is 6.52. The Bertz CT molecular complexity index is 465. The van der Waals surface area contributed by atoms with Crippen LogP contribution in [-0.4, -0.2) is 43.4 Å². The van der Waals surface area contributed by atoms with Gasteiger partial charge in [-0.1, -0.05) is 19.1 Å². The van der Waals surface area contributed by atoms with Gasteiger partial charge in [-0.25, -0.2) is 0 Å². The summed E-state index contributed by atoms with van der Waals surface area (Å²) in [5, 5.41) is 5.57. The summed E-state index contributed by atoms with van der Waals surface area (Å²) < 4.78 is 0.830. The largest absolute Gasteiger partial charge is 0.355 e. The molecule has 20 heavy (non-hydrogen) atoms. The van der Waals surface area contributed by atoms with E-state index in [2.05, 4.69) is 26.6 Å². The number of anilines is 1. The molecule has 0 saturated heterocycles. The van der Waals surface area contributed by atoms with Gasteiger partial charge in [0, 0.05) is 11.0 Å². The zero-order chi connectivity index (χ0) is 15.0. The van der Waals surface area contributed by atoms with Gasteiger partial charge in [0.2, 0.25) is 11.8 Å². The van der Waals surface area contributed by atoms with Crippen molar-refractivity contribution in [3.05, 3.63) is 28.7 Å². The van der Waals surface area contributed by atoms with Crippen molar-refractivity contribution < 1.29 is 9.59 Å². The Morgan fingerprint density at radius 3 is 2.50 bits per heavy atom. The Labute approximate surface area is 127 Å². The molecule has 5 nitrogen and oxygen atoms in total. The maximum absolute atomic E-state index is 11.9. The van der Waals surface area contributed by atoms with Gasteiger partial charge in [-0.05, 0) is 41.5 Å². The monoisotopic (exact) mass is 341 g/mol. The molecule has 0 aliphatic rings. The summed E-state index contributed by atoms with van der Waals surface area (Å²) in [4.78, 5) is 25.1. The number of carbonyl (C=O) groups excluding carboxylic acids is 2. The van der Waals surface area contributed by atoms with Crippen LogP contribution in [0.2, 0.25) is 0 Å². The Hall–Kier alpha value is -1.40. The van der Waals surface area contributed by atoms with Crippen LogP contribution in [0.1, 0.15) is 13.3 Å². The third-order valence-corrected chi connectivity index (χ3v) is 3.24. The highest BCUT2D eigenvalue weighted by molar-refractivity contribution is 9.10. The van der Waals surface area contributed by atoms with Gasteiger partial charge < -0.3 is 10.6 Å². The Kier molecular flexibility index (Phi) is 7.25. The third kappa shape index (κ3) is 6.16. The lowest BCUT2D eigenvalue weighted by molar-refractivity contribution is -0.122. The fourth-order valence-electron chi connectivity index (χ4n) is 1.62. The van der Waals surface area contributed by atoms with E-state index in [-0.39, 0.29) is 24.9 Å². The van der Waals surface area contributed by atoms with Gasteiger partial charge in [-0.15, -0.1) is 0 Å². The van der Waals surface area contributed by atoms with Gasteiger partial charge >= 0.3 is 0 Å². The zero-order valence-electron chi connectivity index (χ0n) is 11.8. The molecule has 0 heterocycles. The minimum Gasteiger partial charge on any atom is -0.355 e. The minimum atomic E-state index is -0.150. The summed E-state index contributed by atoms with van der Waals surface area (Å²) in [6.45, 7) is 3.04. The molecule has 0 atom stereocenters. The third-order valence-electron chi connectivity index (χ3n) is 2.55. The minimum absolute atomic E-state index is 0.0666. The Morgan fingerprint density at radius 2 is 1.85 bits per heavy atom. The van der Waals surface area contributed by atoms with Crippen LogP contribution < -0.4 is 10.6 Å². The molecule has 1 aromatic rings. The van der Waals surface area contributed by atoms with Crippen molar-refractivity contribution in [3.63, 3.8) is 0 Å². The number of rotatable bonds is 7. The van der Waals surface area contributed by atoms with E-state index in [0.717, 1.165) is 16.6 Å². The van der Waals surface area contributed by atoms with Crippen LogP contribution in [0.25, 0.3) is 0 Å². The topological polar surface area (TPSA) is 61.4 Å². The van der Waals surface area contributed by atoms with Crippen molar-refractivity contribution in [2.24, 2.45) is 0 Å². The van der Waals surface area contributed by atoms with Crippen molar-refractivity contribution >= 4 is 33.4 Å². The van der Waals surface area contributed by atoms with Gasteiger partial charge in [0.1, 0.15) is 0 Å². The number of nitrogens with zero attached hydrogens (tertiary/aromatic N) is 1. The van der Waals surface area contributed by atoms with E-state index in [0.29, 0.717) is 6.54 Å². The molecule has 0 radical (unpaired) electrons. The van der Waals surface area contributed by atoms with Gasteiger partial charge in [-0.2, -0.15) is 0 Å². The predicted molar refractivity (Wildman–Crippen MR) is 83.6 cm³/mol. The van der Waals surface area contributed by atoms with E-state index in [1.165, 1.54) is 0 Å². The molecule has 0 bridgehead atoms. The summed E-state index contributed by atoms with van der Waals surface area (Å²) in [5.41, 5.74) is 0.723. The molecule has 2 amide bonds. The Morgan fingerprint density at radius 1 is 1.20 bits per heavy atom. The lowest BCUT2D eigenvalue weighted by Crippen LogP contribution is -2.39. The highest BCUT2D eigenvalue weighted by atomic mass is 79.9. The van der Waals surface area contributed by atoms with Crippen LogP contribution in [0.15, 0.2) is 28.7 Å². The summed E-state index contributed by atoms with van der Waals surface area (Å²) in [6, 6.07) is 7.40. The van der Waals surface area contributed by atoms with Crippen LogP contribution in [0, 0.1) is 0 Å². The summed E-state index contributed by atoms with van der Waals surface area (Å²) >= 11 is 3.37. The average molecular weight is 342 g/mol. The smallest absolute Gasteiger partial charge is 0.238 e. The molecule has 110 valence electrons. The summed E-state index contributed by atoms with van der Waals surface area (Å²) in [6.07, 6.45) is 0.901. The van der Waals surface area contributed by atoms with Crippen molar-refractivity contribution in [2.45, 2.75) is 13.3 Å². The summed E-state index contributed by atoms with van der Waals surface area (Å²) in [5.74, 6) is -0.217. The highest BCUT2D eigenvalue weighted by Gasteiger charge is 2.11. The fourth-order valence-corrected chi connectivity index (χ4v) is 2.00. The number of benzene rings is 1. The van der Waals surface area contributed by atoms with Gasteiger partial charge in [-0.3, -0.25) is 14.5 Å². The lowest BCUT2D eigenvalue weighted by Gasteiger charge is -2.16. The number of nitrogens with one attached hydrogen (secondary N) is 2. The van der Waals surface area contributed by atoms with Crippen molar-refractivity contribution in [2.75, 3.05) is 32.0 Å². The molecule has 0 unspecified atom stereocenters. The number of halogens is 1. The van der Waals surface area contributed by atoms with Crippen LogP contribution >= 0.6 is 15.9 Å². The zero-order valence-corrected chi connectivity index (χ0v) is 13.4. The number of para-hydroxylation sites is 1. The van der Waals surface area contributed by atoms with E-state index in [4.69, 9.17) is 0 Å². The molecular formula is C14H20BrN3O2. The molecule has 0 spiro atoms. The standard InChI is InChI=1S/C14H20BrN3O2/c1-3-8-16-13(19)9-18(2)10-14(20)17-12-7-5-4-6-11(12)15/h4-7H,3,8-10H2,1-2H3,(H,16,19)(H,17,20). The second-order valence-corrected chi connectivity index (χ2v) is 5.40. The second kappa shape index (κ2) is 8.71. The molecule has 1 rings (SSSR count). The highest BCUT2D eigenvalue weighted by Crippen LogP contribution is 2.20. The van der Waals surface area contributed by atoms with Crippen LogP contribution in [0.3, 0.4) is 0 Å². The molecule has 6 heteroatoms. The maximum atomic E-state index is 11.9. The van der Waals surface area contributed by atoms with E-state index in [1.807, 2.05) is 31.2 Å². The molecule has 0 fully saturated rings. The molecule has 1 aromatic carbocycles. The maximum Gasteiger partial charge on any atom is 0.238 e. The first kappa shape index (κ1) is 16.7. The van der Waals surface area contributed by atoms with Gasteiger partial charge in [0.25, 0.3) is 0 Å². The number of hydrogen-bond donors (Lipinski definition) is 2. The SMILES string of the molecule is CCCNC(=O)CN(C)CC(=O)Nc1ccccc1Br. The molecule has 0 aliphatic heterocycles. The lowest BCUT2D eigenvalue weighted by atomic mass is 10.3. The number of carbonyl (C=O) groups is 2. The van der Waals surface area contributed by atoms with Crippen LogP contribution in [-0.2, 0) is 9.59 Å². The van der Waals surface area contributed by atoms with Crippen LogP contribution in [0.4, 0.5) is 5.69 Å². The van der Waals surface area contributed by atoms with Gasteiger partial charge in [0.15, 0.2) is 0 Å². The molecule has 0 aliphatic carbocycles. The first-order valence-corrected chi connectivity index (χ1v) is 7.32. The van der Waals surface area contributed by atoms with Crippen molar-refractivity contribution in [3.8, 4) is 0 Å². The second-order valence-electron chi connectivity index (χ2n) is 4.55. The molecule has 0 saturated carbocycles. The first-order chi connectivity index (χ1) is 9.52. The number of likely N-dealkylation sites (N-methyl/N-ethyl adjacent to an activating group) is 1. The molecule has 0 aromatic heterocycles. The van der Waals surface area contributed by atoms with E-state index in [1.54, 1.807) is 11.9 Å². The Balaban J connectivity index is 2.38. The predicted octanol–water partition coefficient (Wildman–Crippen LogP) is 1.85.